The minimum atomic E-state index is -1.06. The number of Topliss-reactive ketones (excluding diaryl/α,β-unsaturated/α-hetero) is 1. The normalized spacial score (nSPS) is 27.2. The van der Waals surface area contributed by atoms with Crippen LogP contribution in [0.3, 0.4) is 0 Å². The molecule has 0 aromatic carbocycles. The number of urea groups is 1. The number of primary amides is 1. The number of likely N-dealkylation sites (tertiary alicyclic amines) is 1. The quantitative estimate of drug-likeness (QED) is 0.345. The summed E-state index contributed by atoms with van der Waals surface area (Å²) in [5.41, 5.74) is 4.29. The van der Waals surface area contributed by atoms with Gasteiger partial charge in [-0.3, -0.25) is 19.2 Å². The summed E-state index contributed by atoms with van der Waals surface area (Å²) >= 11 is 0. The minimum Gasteiger partial charge on any atom is -0.363 e. The molecular weight excluding hydrogens is 498 g/mol. The Morgan fingerprint density at radius 3 is 2.03 bits per heavy atom. The lowest BCUT2D eigenvalue weighted by Crippen LogP contribution is -2.61. The summed E-state index contributed by atoms with van der Waals surface area (Å²) in [4.78, 5) is 66.8. The first-order chi connectivity index (χ1) is 18.0. The molecule has 1 heterocycles. The van der Waals surface area contributed by atoms with E-state index in [4.69, 9.17) is 5.73 Å². The molecule has 1 saturated heterocycles. The fraction of sp³-hybridized carbons (Fsp3) is 0.828. The molecule has 3 aliphatic carbocycles. The molecule has 39 heavy (non-hydrogen) atoms. The highest BCUT2D eigenvalue weighted by atomic mass is 16.2. The molecule has 5 amide bonds. The van der Waals surface area contributed by atoms with Gasteiger partial charge in [0.2, 0.25) is 17.6 Å². The van der Waals surface area contributed by atoms with Crippen LogP contribution in [0.4, 0.5) is 4.79 Å². The lowest BCUT2D eigenvalue weighted by molar-refractivity contribution is -0.143. The number of carbonyl (C=O) groups excluding carboxylic acids is 5. The van der Waals surface area contributed by atoms with Gasteiger partial charge in [0.1, 0.15) is 12.1 Å². The molecule has 0 radical (unpaired) electrons. The fourth-order valence-corrected chi connectivity index (χ4v) is 6.93. The standard InChI is InChI=1S/C29H47N5O5/c1-26(2,3)21(32-25(39)33-27(4,5)6)24(38)34-16-29(15-28(29)11-8-12-28)14-19(34)23(37)31-18(20(35)22(30)36)13-17-9-7-10-17/h17-19,21H,7-16H2,1-6H3,(H2,30,36)(H,31,37)(H2,32,33,39)/t18?,19-,21+,29+/m0/s1. The summed E-state index contributed by atoms with van der Waals surface area (Å²) in [5, 5.41) is 8.55. The van der Waals surface area contributed by atoms with Crippen LogP contribution in [0.15, 0.2) is 0 Å². The predicted molar refractivity (Wildman–Crippen MR) is 146 cm³/mol. The van der Waals surface area contributed by atoms with Gasteiger partial charge in [0.05, 0.1) is 6.04 Å². The molecule has 0 aromatic heterocycles. The Labute approximate surface area is 231 Å². The highest BCUT2D eigenvalue weighted by Gasteiger charge is 2.73. The summed E-state index contributed by atoms with van der Waals surface area (Å²) in [6.07, 6.45) is 8.21. The zero-order chi connectivity index (χ0) is 29.0. The van der Waals surface area contributed by atoms with Crippen molar-refractivity contribution in [2.75, 3.05) is 6.54 Å². The Morgan fingerprint density at radius 1 is 0.949 bits per heavy atom. The maximum absolute atomic E-state index is 14.2. The summed E-state index contributed by atoms with van der Waals surface area (Å²) in [6.45, 7) is 11.7. The molecule has 4 aliphatic rings. The zero-order valence-corrected chi connectivity index (χ0v) is 24.4. The van der Waals surface area contributed by atoms with Crippen molar-refractivity contribution in [2.24, 2.45) is 27.9 Å². The Bertz CT molecular complexity index is 1040. The van der Waals surface area contributed by atoms with E-state index in [9.17, 15) is 24.0 Å². The lowest BCUT2D eigenvalue weighted by Gasteiger charge is -2.37. The molecule has 1 unspecified atom stereocenters. The zero-order valence-electron chi connectivity index (χ0n) is 24.4. The van der Waals surface area contributed by atoms with E-state index in [1.165, 1.54) is 0 Å². The molecule has 4 rings (SSSR count). The average Bonchev–Trinajstić information content (AvgIpc) is 3.25. The Hall–Kier alpha value is -2.65. The summed E-state index contributed by atoms with van der Waals surface area (Å²) < 4.78 is 0. The van der Waals surface area contributed by atoms with Gasteiger partial charge in [0.25, 0.3) is 5.91 Å². The van der Waals surface area contributed by atoms with Gasteiger partial charge in [0, 0.05) is 12.1 Å². The van der Waals surface area contributed by atoms with Gasteiger partial charge in [-0.25, -0.2) is 4.79 Å². The lowest BCUT2D eigenvalue weighted by atomic mass is 9.74. The number of carbonyl (C=O) groups is 5. The predicted octanol–water partition coefficient (Wildman–Crippen LogP) is 2.39. The van der Waals surface area contributed by atoms with E-state index in [-0.39, 0.29) is 22.7 Å². The van der Waals surface area contributed by atoms with E-state index in [2.05, 4.69) is 16.0 Å². The van der Waals surface area contributed by atoms with Crippen molar-refractivity contribution in [3.8, 4) is 0 Å². The van der Waals surface area contributed by atoms with Crippen LogP contribution in [0, 0.1) is 22.2 Å². The van der Waals surface area contributed by atoms with E-state index in [1.807, 2.05) is 41.5 Å². The summed E-state index contributed by atoms with van der Waals surface area (Å²) in [5.74, 6) is -2.32. The van der Waals surface area contributed by atoms with Crippen LogP contribution in [0.5, 0.6) is 0 Å². The number of ketones is 1. The van der Waals surface area contributed by atoms with Gasteiger partial charge >= 0.3 is 6.03 Å². The molecule has 1 aliphatic heterocycles. The number of fused-ring (bicyclic) bond motifs is 1. The topological polar surface area (TPSA) is 151 Å². The first-order valence-electron chi connectivity index (χ1n) is 14.5. The third kappa shape index (κ3) is 5.94. The van der Waals surface area contributed by atoms with Crippen molar-refractivity contribution >= 4 is 29.5 Å². The molecule has 4 atom stereocenters. The Morgan fingerprint density at radius 2 is 1.59 bits per heavy atom. The molecular formula is C29H47N5O5. The smallest absolute Gasteiger partial charge is 0.315 e. The van der Waals surface area contributed by atoms with E-state index in [0.717, 1.165) is 44.9 Å². The van der Waals surface area contributed by atoms with Crippen LogP contribution < -0.4 is 21.7 Å². The monoisotopic (exact) mass is 545 g/mol. The van der Waals surface area contributed by atoms with E-state index in [0.29, 0.717) is 19.4 Å². The number of hydrogen-bond donors (Lipinski definition) is 4. The molecule has 4 fully saturated rings. The summed E-state index contributed by atoms with van der Waals surface area (Å²) in [6, 6.07) is -3.07. The number of amides is 5. The van der Waals surface area contributed by atoms with Crippen LogP contribution in [0.25, 0.3) is 0 Å². The number of nitrogens with two attached hydrogens (primary N) is 1. The SMILES string of the molecule is CC(C)(C)NC(=O)N[C@H](C(=O)N1C[C@@]2(C[C@H]1C(=O)NC(CC1CCC1)C(=O)C(N)=O)CC21CCC1)C(C)(C)C. The number of nitrogens with zero attached hydrogens (tertiary/aromatic N) is 1. The first kappa shape index (κ1) is 29.3. The maximum Gasteiger partial charge on any atom is 0.315 e. The van der Waals surface area contributed by atoms with Gasteiger partial charge in [-0.15, -0.1) is 0 Å². The number of nitrogens with one attached hydrogen (secondary N) is 3. The van der Waals surface area contributed by atoms with Crippen LogP contribution in [0.2, 0.25) is 0 Å². The van der Waals surface area contributed by atoms with Crippen LogP contribution in [-0.2, 0) is 19.2 Å². The van der Waals surface area contributed by atoms with Gasteiger partial charge < -0.3 is 26.6 Å². The molecule has 10 heteroatoms. The van der Waals surface area contributed by atoms with Crippen molar-refractivity contribution < 1.29 is 24.0 Å². The van der Waals surface area contributed by atoms with Gasteiger partial charge in [-0.1, -0.05) is 46.5 Å². The van der Waals surface area contributed by atoms with Crippen LogP contribution in [0.1, 0.15) is 99.3 Å². The van der Waals surface area contributed by atoms with E-state index >= 15 is 0 Å². The third-order valence-electron chi connectivity index (χ3n) is 9.55. The number of rotatable bonds is 8. The Kier molecular flexibility index (Phi) is 7.58. The minimum absolute atomic E-state index is 0.115. The maximum atomic E-state index is 14.2. The second-order valence-electron chi connectivity index (χ2n) is 14.7. The van der Waals surface area contributed by atoms with E-state index in [1.54, 1.807) is 4.90 Å². The van der Waals surface area contributed by atoms with Gasteiger partial charge in [-0.2, -0.15) is 0 Å². The third-order valence-corrected chi connectivity index (χ3v) is 9.55. The first-order valence-corrected chi connectivity index (χ1v) is 14.5. The fourth-order valence-electron chi connectivity index (χ4n) is 6.93. The largest absolute Gasteiger partial charge is 0.363 e. The molecule has 0 bridgehead atoms. The van der Waals surface area contributed by atoms with Crippen molar-refractivity contribution in [3.05, 3.63) is 0 Å². The molecule has 5 N–H and O–H groups in total. The average molecular weight is 546 g/mol. The Balaban J connectivity index is 1.57. The van der Waals surface area contributed by atoms with Crippen LogP contribution in [-0.4, -0.2) is 64.6 Å². The van der Waals surface area contributed by atoms with Crippen molar-refractivity contribution in [1.82, 2.24) is 20.9 Å². The van der Waals surface area contributed by atoms with Crippen LogP contribution >= 0.6 is 0 Å². The van der Waals surface area contributed by atoms with Gasteiger partial charge in [0.15, 0.2) is 0 Å². The molecule has 218 valence electrons. The van der Waals surface area contributed by atoms with Crippen molar-refractivity contribution in [1.29, 1.82) is 0 Å². The highest BCUT2D eigenvalue weighted by molar-refractivity contribution is 6.37. The number of hydrogen-bond acceptors (Lipinski definition) is 5. The second-order valence-corrected chi connectivity index (χ2v) is 14.7. The summed E-state index contributed by atoms with van der Waals surface area (Å²) in [7, 11) is 0. The van der Waals surface area contributed by atoms with Crippen molar-refractivity contribution in [2.45, 2.75) is 123 Å². The van der Waals surface area contributed by atoms with Crippen molar-refractivity contribution in [3.63, 3.8) is 0 Å². The molecule has 2 spiro atoms. The molecule has 10 nitrogen and oxygen atoms in total. The van der Waals surface area contributed by atoms with E-state index < -0.39 is 52.7 Å². The molecule has 0 aromatic rings. The second kappa shape index (κ2) is 10.1. The highest BCUT2D eigenvalue weighted by Crippen LogP contribution is 2.77. The molecule has 3 saturated carbocycles. The van der Waals surface area contributed by atoms with Gasteiger partial charge in [-0.05, 0) is 75.0 Å².